The lowest BCUT2D eigenvalue weighted by Crippen LogP contribution is -2.50. The Bertz CT molecular complexity index is 276. The first kappa shape index (κ1) is 13.8. The summed E-state index contributed by atoms with van der Waals surface area (Å²) in [5.74, 6) is 0.431. The smallest absolute Gasteiger partial charge is 0.226 e. The van der Waals surface area contributed by atoms with E-state index in [4.69, 9.17) is 0 Å². The Kier molecular flexibility index (Phi) is 5.01. The first-order valence-electron chi connectivity index (χ1n) is 7.40. The summed E-state index contributed by atoms with van der Waals surface area (Å²) in [5.41, 5.74) is 0. The molecule has 1 amide bonds. The van der Waals surface area contributed by atoms with Gasteiger partial charge in [-0.2, -0.15) is 0 Å². The zero-order chi connectivity index (χ0) is 13.0. The topological polar surface area (TPSA) is 35.6 Å². The molecule has 18 heavy (non-hydrogen) atoms. The van der Waals surface area contributed by atoms with Gasteiger partial charge in [0.1, 0.15) is 0 Å². The molecule has 2 aliphatic rings. The van der Waals surface area contributed by atoms with E-state index < -0.39 is 0 Å². The van der Waals surface area contributed by atoms with Crippen LogP contribution in [0.5, 0.6) is 0 Å². The quantitative estimate of drug-likeness (QED) is 0.809. The Labute approximate surface area is 111 Å². The lowest BCUT2D eigenvalue weighted by Gasteiger charge is -2.38. The van der Waals surface area contributed by atoms with Gasteiger partial charge in [-0.05, 0) is 45.8 Å². The second-order valence-electron chi connectivity index (χ2n) is 5.78. The number of hydrogen-bond acceptors (Lipinski definition) is 3. The van der Waals surface area contributed by atoms with E-state index in [-0.39, 0.29) is 5.92 Å². The molecule has 2 fully saturated rings. The van der Waals surface area contributed by atoms with Gasteiger partial charge in [-0.15, -0.1) is 0 Å². The van der Waals surface area contributed by atoms with Gasteiger partial charge in [-0.3, -0.25) is 9.69 Å². The number of amides is 1. The third kappa shape index (κ3) is 3.23. The van der Waals surface area contributed by atoms with Crippen molar-refractivity contribution in [3.8, 4) is 0 Å². The molecule has 0 saturated carbocycles. The van der Waals surface area contributed by atoms with E-state index in [0.29, 0.717) is 11.9 Å². The van der Waals surface area contributed by atoms with E-state index in [1.54, 1.807) is 0 Å². The number of nitrogens with one attached hydrogen (secondary N) is 1. The molecule has 0 bridgehead atoms. The molecule has 0 aliphatic carbocycles. The SMILES string of the molecule is CNCC(C)C(=O)N1CCCC(N2CCCC2)C1. The Morgan fingerprint density at radius 1 is 1.28 bits per heavy atom. The molecule has 2 unspecified atom stereocenters. The summed E-state index contributed by atoms with van der Waals surface area (Å²) in [5, 5.41) is 3.10. The maximum atomic E-state index is 12.3. The van der Waals surface area contributed by atoms with Crippen LogP contribution in [0.3, 0.4) is 0 Å². The summed E-state index contributed by atoms with van der Waals surface area (Å²) in [4.78, 5) is 17.0. The van der Waals surface area contributed by atoms with E-state index >= 15 is 0 Å². The van der Waals surface area contributed by atoms with E-state index in [0.717, 1.165) is 19.6 Å². The molecule has 4 nitrogen and oxygen atoms in total. The maximum Gasteiger partial charge on any atom is 0.226 e. The Balaban J connectivity index is 1.87. The van der Waals surface area contributed by atoms with Crippen molar-refractivity contribution >= 4 is 5.91 Å². The van der Waals surface area contributed by atoms with Crippen LogP contribution in [0.15, 0.2) is 0 Å². The zero-order valence-electron chi connectivity index (χ0n) is 11.8. The van der Waals surface area contributed by atoms with Gasteiger partial charge >= 0.3 is 0 Å². The number of hydrogen-bond donors (Lipinski definition) is 1. The van der Waals surface area contributed by atoms with Crippen LogP contribution in [-0.2, 0) is 4.79 Å². The average molecular weight is 253 g/mol. The molecule has 0 aromatic rings. The monoisotopic (exact) mass is 253 g/mol. The number of piperidine rings is 1. The number of carbonyl (C=O) groups excluding carboxylic acids is 1. The maximum absolute atomic E-state index is 12.3. The molecular formula is C14H27N3O. The molecule has 0 aromatic heterocycles. The first-order chi connectivity index (χ1) is 8.72. The normalized spacial score (nSPS) is 27.4. The molecule has 2 aliphatic heterocycles. The second-order valence-corrected chi connectivity index (χ2v) is 5.78. The number of rotatable bonds is 4. The molecule has 0 radical (unpaired) electrons. The minimum atomic E-state index is 0.104. The van der Waals surface area contributed by atoms with Crippen LogP contribution in [0, 0.1) is 5.92 Å². The summed E-state index contributed by atoms with van der Waals surface area (Å²) in [6, 6.07) is 0.618. The molecule has 4 heteroatoms. The molecular weight excluding hydrogens is 226 g/mol. The predicted octanol–water partition coefficient (Wildman–Crippen LogP) is 0.929. The molecule has 2 heterocycles. The fourth-order valence-electron chi connectivity index (χ4n) is 3.26. The fraction of sp³-hybridized carbons (Fsp3) is 0.929. The van der Waals surface area contributed by atoms with Crippen molar-refractivity contribution < 1.29 is 4.79 Å². The molecule has 2 saturated heterocycles. The van der Waals surface area contributed by atoms with Gasteiger partial charge in [0.05, 0.1) is 0 Å². The van der Waals surface area contributed by atoms with E-state index in [2.05, 4.69) is 15.1 Å². The third-order valence-electron chi connectivity index (χ3n) is 4.30. The molecule has 1 N–H and O–H groups in total. The zero-order valence-corrected chi connectivity index (χ0v) is 11.8. The minimum Gasteiger partial charge on any atom is -0.341 e. The van der Waals surface area contributed by atoms with Gasteiger partial charge in [-0.1, -0.05) is 6.92 Å². The second kappa shape index (κ2) is 6.53. The molecule has 0 spiro atoms. The summed E-state index contributed by atoms with van der Waals surface area (Å²) >= 11 is 0. The molecule has 0 aromatic carbocycles. The number of likely N-dealkylation sites (tertiary alicyclic amines) is 2. The van der Waals surface area contributed by atoms with Crippen LogP contribution < -0.4 is 5.32 Å². The van der Waals surface area contributed by atoms with E-state index in [1.807, 2.05) is 14.0 Å². The van der Waals surface area contributed by atoms with Crippen LogP contribution in [0.4, 0.5) is 0 Å². The van der Waals surface area contributed by atoms with Crippen molar-refractivity contribution in [2.45, 2.75) is 38.6 Å². The van der Waals surface area contributed by atoms with Gasteiger partial charge < -0.3 is 10.2 Å². The summed E-state index contributed by atoms with van der Waals surface area (Å²) < 4.78 is 0. The highest BCUT2D eigenvalue weighted by molar-refractivity contribution is 5.78. The van der Waals surface area contributed by atoms with Crippen molar-refractivity contribution in [2.24, 2.45) is 5.92 Å². The van der Waals surface area contributed by atoms with Crippen molar-refractivity contribution in [3.05, 3.63) is 0 Å². The molecule has 2 rings (SSSR count). The molecule has 104 valence electrons. The Morgan fingerprint density at radius 3 is 2.67 bits per heavy atom. The van der Waals surface area contributed by atoms with Crippen molar-refractivity contribution in [1.29, 1.82) is 0 Å². The highest BCUT2D eigenvalue weighted by atomic mass is 16.2. The first-order valence-corrected chi connectivity index (χ1v) is 7.40. The number of nitrogens with zero attached hydrogens (tertiary/aromatic N) is 2. The molecule has 2 atom stereocenters. The van der Waals surface area contributed by atoms with Gasteiger partial charge in [-0.25, -0.2) is 0 Å². The predicted molar refractivity (Wildman–Crippen MR) is 73.5 cm³/mol. The van der Waals surface area contributed by atoms with E-state index in [9.17, 15) is 4.79 Å². The highest BCUT2D eigenvalue weighted by Gasteiger charge is 2.30. The van der Waals surface area contributed by atoms with Crippen LogP contribution in [-0.4, -0.2) is 61.5 Å². The summed E-state index contributed by atoms with van der Waals surface area (Å²) in [6.45, 7) is 7.18. The minimum absolute atomic E-state index is 0.104. The van der Waals surface area contributed by atoms with Gasteiger partial charge in [0.2, 0.25) is 5.91 Å². The van der Waals surface area contributed by atoms with Crippen LogP contribution in [0.1, 0.15) is 32.6 Å². The van der Waals surface area contributed by atoms with Crippen molar-refractivity contribution in [3.63, 3.8) is 0 Å². The average Bonchev–Trinajstić information content (AvgIpc) is 2.92. The lowest BCUT2D eigenvalue weighted by atomic mass is 10.0. The van der Waals surface area contributed by atoms with Crippen molar-refractivity contribution in [2.75, 3.05) is 39.8 Å². The third-order valence-corrected chi connectivity index (χ3v) is 4.30. The lowest BCUT2D eigenvalue weighted by molar-refractivity contribution is -0.136. The van der Waals surface area contributed by atoms with Gasteiger partial charge in [0.15, 0.2) is 0 Å². The van der Waals surface area contributed by atoms with E-state index in [1.165, 1.54) is 38.8 Å². The van der Waals surface area contributed by atoms with Gasteiger partial charge in [0.25, 0.3) is 0 Å². The highest BCUT2D eigenvalue weighted by Crippen LogP contribution is 2.21. The summed E-state index contributed by atoms with van der Waals surface area (Å²) in [6.07, 6.45) is 5.10. The van der Waals surface area contributed by atoms with Crippen LogP contribution >= 0.6 is 0 Å². The number of carbonyl (C=O) groups is 1. The standard InChI is InChI=1S/C14H27N3O/c1-12(10-15-2)14(18)17-9-5-6-13(11-17)16-7-3-4-8-16/h12-13,15H,3-11H2,1-2H3. The fourth-order valence-corrected chi connectivity index (χ4v) is 3.26. The van der Waals surface area contributed by atoms with Gasteiger partial charge in [0, 0.05) is 31.6 Å². The van der Waals surface area contributed by atoms with Crippen LogP contribution in [0.2, 0.25) is 0 Å². The van der Waals surface area contributed by atoms with Crippen molar-refractivity contribution in [1.82, 2.24) is 15.1 Å². The Hall–Kier alpha value is -0.610. The van der Waals surface area contributed by atoms with Crippen LogP contribution in [0.25, 0.3) is 0 Å². The Morgan fingerprint density at radius 2 is 2.00 bits per heavy atom. The summed E-state index contributed by atoms with van der Waals surface area (Å²) in [7, 11) is 1.91. The largest absolute Gasteiger partial charge is 0.341 e.